The zero-order valence-electron chi connectivity index (χ0n) is 12.0. The Morgan fingerprint density at radius 3 is 2.80 bits per heavy atom. The van der Waals surface area contributed by atoms with Crippen molar-refractivity contribution in [3.05, 3.63) is 66.3 Å². The lowest BCUT2D eigenvalue weighted by molar-refractivity contribution is -0.143. The fourth-order valence-electron chi connectivity index (χ4n) is 3.13. The monoisotopic (exact) mass is 267 g/mol. The Morgan fingerprint density at radius 1 is 1.25 bits per heavy atom. The molecule has 0 aromatic heterocycles. The molecule has 0 amide bonds. The average Bonchev–Trinajstić information content (AvgIpc) is 2.78. The van der Waals surface area contributed by atoms with Gasteiger partial charge in [-0.3, -0.25) is 0 Å². The first-order valence-electron chi connectivity index (χ1n) is 7.30. The van der Waals surface area contributed by atoms with E-state index in [1.807, 2.05) is 18.2 Å². The van der Waals surface area contributed by atoms with Gasteiger partial charge in [0.2, 0.25) is 0 Å². The molecule has 1 aromatic carbocycles. The standard InChI is InChI=1S/C18H21NO/c1-3-4-12-16-17(15-10-6-5-7-11-15)20-19-14-9-8-13-18(16,19)2/h3-7,10-12H,1,8-9,13-14H2,2H3/b12-4+. The van der Waals surface area contributed by atoms with Gasteiger partial charge in [-0.05, 0) is 26.2 Å². The number of benzene rings is 1. The Kier molecular flexibility index (Phi) is 3.49. The van der Waals surface area contributed by atoms with Crippen molar-refractivity contribution in [1.29, 1.82) is 0 Å². The first kappa shape index (κ1) is 13.2. The van der Waals surface area contributed by atoms with Crippen LogP contribution in [0, 0.1) is 0 Å². The highest BCUT2D eigenvalue weighted by Gasteiger charge is 2.46. The molecule has 0 radical (unpaired) electrons. The summed E-state index contributed by atoms with van der Waals surface area (Å²) in [6, 6.07) is 10.4. The maximum absolute atomic E-state index is 6.19. The van der Waals surface area contributed by atoms with Crippen LogP contribution in [0.4, 0.5) is 0 Å². The summed E-state index contributed by atoms with van der Waals surface area (Å²) in [5.41, 5.74) is 2.40. The highest BCUT2D eigenvalue weighted by molar-refractivity contribution is 5.70. The van der Waals surface area contributed by atoms with Gasteiger partial charge in [0, 0.05) is 17.7 Å². The van der Waals surface area contributed by atoms with Crippen LogP contribution in [-0.4, -0.2) is 17.1 Å². The summed E-state index contributed by atoms with van der Waals surface area (Å²) in [5.74, 6) is 0.994. The third-order valence-electron chi connectivity index (χ3n) is 4.29. The quantitative estimate of drug-likeness (QED) is 0.756. The Labute approximate surface area is 121 Å². The number of fused-ring (bicyclic) bond motifs is 1. The zero-order chi connectivity index (χ0) is 14.0. The van der Waals surface area contributed by atoms with Crippen LogP contribution >= 0.6 is 0 Å². The molecular formula is C18H21NO. The van der Waals surface area contributed by atoms with Crippen molar-refractivity contribution in [2.45, 2.75) is 31.7 Å². The predicted octanol–water partition coefficient (Wildman–Crippen LogP) is 4.33. The van der Waals surface area contributed by atoms with Gasteiger partial charge in [-0.25, -0.2) is 0 Å². The molecule has 0 N–H and O–H groups in total. The maximum atomic E-state index is 6.19. The van der Waals surface area contributed by atoms with E-state index >= 15 is 0 Å². The molecule has 1 aromatic rings. The second-order valence-corrected chi connectivity index (χ2v) is 5.63. The SMILES string of the molecule is C=C/C=C/C1=C(c2ccccc2)ON2CCCCC12C. The van der Waals surface area contributed by atoms with E-state index in [2.05, 4.69) is 48.9 Å². The minimum atomic E-state index is -0.0110. The number of rotatable bonds is 3. The molecule has 2 heterocycles. The van der Waals surface area contributed by atoms with Crippen molar-refractivity contribution >= 4 is 5.76 Å². The third kappa shape index (κ3) is 2.10. The lowest BCUT2D eigenvalue weighted by Crippen LogP contribution is -2.46. The number of piperidine rings is 1. The van der Waals surface area contributed by atoms with Crippen LogP contribution in [0.25, 0.3) is 5.76 Å². The summed E-state index contributed by atoms with van der Waals surface area (Å²) in [5, 5.41) is 2.15. The number of allylic oxidation sites excluding steroid dienone is 2. The fraction of sp³-hybridized carbons (Fsp3) is 0.333. The molecule has 1 fully saturated rings. The van der Waals surface area contributed by atoms with Crippen molar-refractivity contribution in [2.24, 2.45) is 0 Å². The Morgan fingerprint density at radius 2 is 2.05 bits per heavy atom. The molecule has 3 rings (SSSR count). The molecule has 104 valence electrons. The molecule has 0 bridgehead atoms. The van der Waals surface area contributed by atoms with E-state index in [-0.39, 0.29) is 5.54 Å². The van der Waals surface area contributed by atoms with Gasteiger partial charge in [0.15, 0.2) is 5.76 Å². The number of hydroxylamine groups is 2. The van der Waals surface area contributed by atoms with E-state index in [0.717, 1.165) is 24.3 Å². The van der Waals surface area contributed by atoms with Crippen molar-refractivity contribution in [2.75, 3.05) is 6.54 Å². The van der Waals surface area contributed by atoms with Gasteiger partial charge in [0.1, 0.15) is 0 Å². The molecule has 2 aliphatic heterocycles. The van der Waals surface area contributed by atoms with Crippen LogP contribution in [-0.2, 0) is 4.84 Å². The van der Waals surface area contributed by atoms with Crippen LogP contribution in [0.5, 0.6) is 0 Å². The van der Waals surface area contributed by atoms with Crippen molar-refractivity contribution in [3.8, 4) is 0 Å². The lowest BCUT2D eigenvalue weighted by Gasteiger charge is -2.38. The predicted molar refractivity (Wildman–Crippen MR) is 82.7 cm³/mol. The van der Waals surface area contributed by atoms with E-state index in [4.69, 9.17) is 4.84 Å². The molecule has 2 nitrogen and oxygen atoms in total. The number of nitrogens with zero attached hydrogens (tertiary/aromatic N) is 1. The summed E-state index contributed by atoms with van der Waals surface area (Å²) in [6.07, 6.45) is 9.58. The first-order valence-corrected chi connectivity index (χ1v) is 7.30. The summed E-state index contributed by atoms with van der Waals surface area (Å²) < 4.78 is 0. The summed E-state index contributed by atoms with van der Waals surface area (Å²) in [4.78, 5) is 6.19. The third-order valence-corrected chi connectivity index (χ3v) is 4.29. The largest absolute Gasteiger partial charge is 0.404 e. The number of hydrogen-bond donors (Lipinski definition) is 0. The highest BCUT2D eigenvalue weighted by Crippen LogP contribution is 2.45. The van der Waals surface area contributed by atoms with Gasteiger partial charge in [0.05, 0.1) is 5.54 Å². The van der Waals surface area contributed by atoms with E-state index in [1.54, 1.807) is 0 Å². The minimum Gasteiger partial charge on any atom is -0.404 e. The summed E-state index contributed by atoms with van der Waals surface area (Å²) in [6.45, 7) is 7.06. The van der Waals surface area contributed by atoms with Gasteiger partial charge in [-0.15, -0.1) is 5.06 Å². The summed E-state index contributed by atoms with van der Waals surface area (Å²) in [7, 11) is 0. The van der Waals surface area contributed by atoms with Crippen LogP contribution in [0.2, 0.25) is 0 Å². The maximum Gasteiger partial charge on any atom is 0.159 e. The second-order valence-electron chi connectivity index (χ2n) is 5.63. The molecule has 20 heavy (non-hydrogen) atoms. The molecule has 0 aliphatic carbocycles. The lowest BCUT2D eigenvalue weighted by atomic mass is 9.82. The molecule has 0 spiro atoms. The molecule has 1 atom stereocenters. The van der Waals surface area contributed by atoms with Gasteiger partial charge in [-0.1, -0.05) is 55.1 Å². The average molecular weight is 267 g/mol. The van der Waals surface area contributed by atoms with Crippen LogP contribution in [0.15, 0.2) is 60.7 Å². The Hall–Kier alpha value is -1.80. The summed E-state index contributed by atoms with van der Waals surface area (Å²) >= 11 is 0. The van der Waals surface area contributed by atoms with Crippen LogP contribution in [0.3, 0.4) is 0 Å². The Balaban J connectivity index is 2.09. The molecular weight excluding hydrogens is 246 g/mol. The van der Waals surface area contributed by atoms with E-state index in [9.17, 15) is 0 Å². The van der Waals surface area contributed by atoms with Crippen LogP contribution < -0.4 is 0 Å². The van der Waals surface area contributed by atoms with Gasteiger partial charge >= 0.3 is 0 Å². The van der Waals surface area contributed by atoms with Crippen LogP contribution in [0.1, 0.15) is 31.7 Å². The normalized spacial score (nSPS) is 26.6. The second kappa shape index (κ2) is 5.29. The fourth-order valence-corrected chi connectivity index (χ4v) is 3.13. The minimum absolute atomic E-state index is 0.0110. The zero-order valence-corrected chi connectivity index (χ0v) is 12.0. The van der Waals surface area contributed by atoms with Gasteiger partial charge in [0.25, 0.3) is 0 Å². The van der Waals surface area contributed by atoms with E-state index < -0.39 is 0 Å². The first-order chi connectivity index (χ1) is 9.75. The van der Waals surface area contributed by atoms with Crippen molar-refractivity contribution < 1.29 is 4.84 Å². The molecule has 0 saturated carbocycles. The number of hydrogen-bond acceptors (Lipinski definition) is 2. The van der Waals surface area contributed by atoms with Gasteiger partial charge < -0.3 is 4.84 Å². The van der Waals surface area contributed by atoms with E-state index in [0.29, 0.717) is 0 Å². The van der Waals surface area contributed by atoms with Crippen molar-refractivity contribution in [3.63, 3.8) is 0 Å². The molecule has 2 aliphatic rings. The topological polar surface area (TPSA) is 12.5 Å². The van der Waals surface area contributed by atoms with E-state index in [1.165, 1.54) is 18.4 Å². The van der Waals surface area contributed by atoms with Gasteiger partial charge in [-0.2, -0.15) is 0 Å². The molecule has 2 heteroatoms. The van der Waals surface area contributed by atoms with Crippen molar-refractivity contribution in [1.82, 2.24) is 5.06 Å². The Bertz CT molecular complexity index is 558. The highest BCUT2D eigenvalue weighted by atomic mass is 16.7. The molecule has 1 saturated heterocycles. The smallest absolute Gasteiger partial charge is 0.159 e. The molecule has 1 unspecified atom stereocenters.